The third-order valence-corrected chi connectivity index (χ3v) is 4.98. The maximum absolute atomic E-state index is 12.2. The van der Waals surface area contributed by atoms with Crippen molar-refractivity contribution in [1.82, 2.24) is 19.7 Å². The molecular weight excluding hydrogens is 320 g/mol. The van der Waals surface area contributed by atoms with Gasteiger partial charge in [-0.1, -0.05) is 30.8 Å². The molecule has 0 fully saturated rings. The first kappa shape index (κ1) is 15.2. The first-order valence-electron chi connectivity index (χ1n) is 6.93. The summed E-state index contributed by atoms with van der Waals surface area (Å²) < 4.78 is 7.48. The minimum Gasteiger partial charge on any atom is -0.338 e. The van der Waals surface area contributed by atoms with Gasteiger partial charge in [0.2, 0.25) is 5.89 Å². The molecule has 0 N–H and O–H groups in total. The molecule has 0 atom stereocenters. The first-order valence-corrected chi connectivity index (χ1v) is 8.79. The fourth-order valence-electron chi connectivity index (χ4n) is 2.02. The van der Waals surface area contributed by atoms with Crippen LogP contribution in [0.4, 0.5) is 0 Å². The first-order chi connectivity index (χ1) is 10.5. The second kappa shape index (κ2) is 6.21. The second-order valence-corrected chi connectivity index (χ2v) is 7.24. The van der Waals surface area contributed by atoms with Gasteiger partial charge in [-0.15, -0.1) is 11.3 Å². The van der Waals surface area contributed by atoms with Crippen molar-refractivity contribution in [2.45, 2.75) is 31.2 Å². The lowest BCUT2D eigenvalue weighted by Gasteiger charge is -2.05. The van der Waals surface area contributed by atoms with E-state index in [0.29, 0.717) is 27.4 Å². The van der Waals surface area contributed by atoms with Gasteiger partial charge in [-0.2, -0.15) is 4.98 Å². The van der Waals surface area contributed by atoms with E-state index in [9.17, 15) is 4.79 Å². The van der Waals surface area contributed by atoms with Crippen LogP contribution in [0.1, 0.15) is 25.6 Å². The Balaban J connectivity index is 1.77. The molecule has 8 heteroatoms. The highest BCUT2D eigenvalue weighted by atomic mass is 32.2. The van der Waals surface area contributed by atoms with Crippen LogP contribution in [-0.2, 0) is 19.2 Å². The summed E-state index contributed by atoms with van der Waals surface area (Å²) >= 11 is 2.84. The van der Waals surface area contributed by atoms with Gasteiger partial charge in [0.05, 0.1) is 11.3 Å². The van der Waals surface area contributed by atoms with Crippen LogP contribution in [0.15, 0.2) is 25.9 Å². The van der Waals surface area contributed by atoms with E-state index in [1.807, 2.05) is 11.4 Å². The van der Waals surface area contributed by atoms with Crippen molar-refractivity contribution >= 4 is 33.3 Å². The number of thioether (sulfide) groups is 1. The zero-order chi connectivity index (χ0) is 15.7. The van der Waals surface area contributed by atoms with Crippen LogP contribution in [0.2, 0.25) is 0 Å². The summed E-state index contributed by atoms with van der Waals surface area (Å²) in [5.41, 5.74) is 0.718. The van der Waals surface area contributed by atoms with Gasteiger partial charge in [0.1, 0.15) is 4.70 Å². The molecular formula is C14H16N4O2S2. The minimum absolute atomic E-state index is 0.0199. The van der Waals surface area contributed by atoms with Crippen LogP contribution < -0.4 is 5.56 Å². The zero-order valence-corrected chi connectivity index (χ0v) is 14.2. The maximum atomic E-state index is 12.2. The van der Waals surface area contributed by atoms with E-state index in [0.717, 1.165) is 17.8 Å². The highest BCUT2D eigenvalue weighted by molar-refractivity contribution is 7.98. The molecule has 0 aliphatic heterocycles. The van der Waals surface area contributed by atoms with Gasteiger partial charge in [0.25, 0.3) is 5.56 Å². The standard InChI is InChI=1S/C14H16N4O2S2/c1-8(2)6-10-16-11(20-17-10)7-22-14-15-9-4-5-21-12(9)13(19)18(14)3/h4-5,8H,6-7H2,1-3H3. The van der Waals surface area contributed by atoms with Crippen molar-refractivity contribution in [3.63, 3.8) is 0 Å². The molecule has 0 saturated carbocycles. The second-order valence-electron chi connectivity index (χ2n) is 5.38. The third-order valence-electron chi connectivity index (χ3n) is 3.07. The SMILES string of the molecule is CC(C)Cc1noc(CSc2nc3ccsc3c(=O)n2C)n1. The average molecular weight is 336 g/mol. The van der Waals surface area contributed by atoms with Crippen LogP contribution in [0.3, 0.4) is 0 Å². The van der Waals surface area contributed by atoms with Gasteiger partial charge in [0, 0.05) is 13.5 Å². The van der Waals surface area contributed by atoms with Crippen LogP contribution in [0.25, 0.3) is 10.2 Å². The van der Waals surface area contributed by atoms with Gasteiger partial charge < -0.3 is 4.52 Å². The van der Waals surface area contributed by atoms with Crippen LogP contribution >= 0.6 is 23.1 Å². The molecule has 0 amide bonds. The van der Waals surface area contributed by atoms with E-state index < -0.39 is 0 Å². The van der Waals surface area contributed by atoms with E-state index in [2.05, 4.69) is 29.0 Å². The quantitative estimate of drug-likeness (QED) is 0.527. The van der Waals surface area contributed by atoms with Crippen LogP contribution in [0, 0.1) is 5.92 Å². The summed E-state index contributed by atoms with van der Waals surface area (Å²) in [6.07, 6.45) is 0.797. The minimum atomic E-state index is -0.0199. The molecule has 6 nitrogen and oxygen atoms in total. The number of hydrogen-bond acceptors (Lipinski definition) is 7. The molecule has 0 aromatic carbocycles. The monoisotopic (exact) mass is 336 g/mol. The smallest absolute Gasteiger partial charge is 0.271 e. The predicted molar refractivity (Wildman–Crippen MR) is 87.3 cm³/mol. The molecule has 0 aliphatic carbocycles. The van der Waals surface area contributed by atoms with Gasteiger partial charge >= 0.3 is 0 Å². The number of thiophene rings is 1. The van der Waals surface area contributed by atoms with Crippen LogP contribution in [-0.4, -0.2) is 19.7 Å². The fraction of sp³-hybridized carbons (Fsp3) is 0.429. The fourth-order valence-corrected chi connectivity index (χ4v) is 3.63. The number of aromatic nitrogens is 4. The molecule has 0 saturated heterocycles. The van der Waals surface area contributed by atoms with Crippen molar-refractivity contribution in [3.8, 4) is 0 Å². The number of rotatable bonds is 5. The molecule has 0 aliphatic rings. The summed E-state index contributed by atoms with van der Waals surface area (Å²) in [6.45, 7) is 4.22. The molecule has 0 bridgehead atoms. The summed E-state index contributed by atoms with van der Waals surface area (Å²) in [5, 5.41) is 6.49. The topological polar surface area (TPSA) is 73.8 Å². The van der Waals surface area contributed by atoms with Gasteiger partial charge in [-0.05, 0) is 17.4 Å². The van der Waals surface area contributed by atoms with Gasteiger partial charge in [-0.3, -0.25) is 9.36 Å². The number of hydrogen-bond donors (Lipinski definition) is 0. The highest BCUT2D eigenvalue weighted by Gasteiger charge is 2.13. The van der Waals surface area contributed by atoms with E-state index >= 15 is 0 Å². The molecule has 3 aromatic heterocycles. The molecule has 3 heterocycles. The Morgan fingerprint density at radius 2 is 2.23 bits per heavy atom. The van der Waals surface area contributed by atoms with Crippen molar-refractivity contribution in [2.24, 2.45) is 13.0 Å². The summed E-state index contributed by atoms with van der Waals surface area (Å²) in [7, 11) is 1.73. The van der Waals surface area contributed by atoms with Gasteiger partial charge in [-0.25, -0.2) is 4.98 Å². The molecule has 3 rings (SSSR count). The van der Waals surface area contributed by atoms with Crippen LogP contribution in [0.5, 0.6) is 0 Å². The van der Waals surface area contributed by atoms with Gasteiger partial charge in [0.15, 0.2) is 11.0 Å². The number of fused-ring (bicyclic) bond motifs is 1. The third kappa shape index (κ3) is 3.07. The maximum Gasteiger partial charge on any atom is 0.271 e. The molecule has 22 heavy (non-hydrogen) atoms. The van der Waals surface area contributed by atoms with E-state index in [1.54, 1.807) is 11.6 Å². The normalized spacial score (nSPS) is 11.6. The summed E-state index contributed by atoms with van der Waals surface area (Å²) in [4.78, 5) is 21.1. The lowest BCUT2D eigenvalue weighted by Crippen LogP contribution is -2.18. The number of nitrogens with zero attached hydrogens (tertiary/aromatic N) is 4. The molecule has 116 valence electrons. The molecule has 3 aromatic rings. The Labute approximate surface area is 135 Å². The van der Waals surface area contributed by atoms with E-state index in [4.69, 9.17) is 4.52 Å². The average Bonchev–Trinajstić information content (AvgIpc) is 3.09. The van der Waals surface area contributed by atoms with Crippen molar-refractivity contribution in [1.29, 1.82) is 0 Å². The van der Waals surface area contributed by atoms with E-state index in [-0.39, 0.29) is 5.56 Å². The van der Waals surface area contributed by atoms with Crippen molar-refractivity contribution in [3.05, 3.63) is 33.5 Å². The van der Waals surface area contributed by atoms with E-state index in [1.165, 1.54) is 23.1 Å². The largest absolute Gasteiger partial charge is 0.338 e. The summed E-state index contributed by atoms with van der Waals surface area (Å²) in [5.74, 6) is 2.27. The lowest BCUT2D eigenvalue weighted by molar-refractivity contribution is 0.382. The Bertz CT molecular complexity index is 850. The Morgan fingerprint density at radius 3 is 3.00 bits per heavy atom. The summed E-state index contributed by atoms with van der Waals surface area (Å²) in [6, 6.07) is 1.86. The zero-order valence-electron chi connectivity index (χ0n) is 12.6. The predicted octanol–water partition coefficient (Wildman–Crippen LogP) is 2.87. The molecule has 0 radical (unpaired) electrons. The molecule has 0 spiro atoms. The highest BCUT2D eigenvalue weighted by Crippen LogP contribution is 2.22. The Morgan fingerprint density at radius 1 is 1.41 bits per heavy atom. The van der Waals surface area contributed by atoms with Crippen molar-refractivity contribution in [2.75, 3.05) is 0 Å². The molecule has 0 unspecified atom stereocenters. The Kier molecular flexibility index (Phi) is 4.30. The Hall–Kier alpha value is -1.67. The van der Waals surface area contributed by atoms with Crippen molar-refractivity contribution < 1.29 is 4.52 Å². The lowest BCUT2D eigenvalue weighted by atomic mass is 10.1.